The molecule has 2 amide bonds. The van der Waals surface area contributed by atoms with Gasteiger partial charge in [-0.3, -0.25) is 19.0 Å². The molecule has 3 aromatic rings. The first-order valence-electron chi connectivity index (χ1n) is 10.7. The van der Waals surface area contributed by atoms with Gasteiger partial charge < -0.3 is 10.6 Å². The molecule has 1 heterocycles. The van der Waals surface area contributed by atoms with E-state index in [4.69, 9.17) is 0 Å². The Morgan fingerprint density at radius 1 is 1.09 bits per heavy atom. The first-order chi connectivity index (χ1) is 15.4. The zero-order chi connectivity index (χ0) is 23.1. The molecule has 0 saturated carbocycles. The summed E-state index contributed by atoms with van der Waals surface area (Å²) < 4.78 is 1.59. The second kappa shape index (κ2) is 10.9. The molecule has 0 aliphatic heterocycles. The molecular formula is C24H28N4O3S. The molecule has 168 valence electrons. The zero-order valence-corrected chi connectivity index (χ0v) is 19.4. The van der Waals surface area contributed by atoms with Gasteiger partial charge in [-0.15, -0.1) is 0 Å². The van der Waals surface area contributed by atoms with Crippen LogP contribution in [-0.4, -0.2) is 39.7 Å². The number of fused-ring (bicyclic) bond motifs is 1. The lowest BCUT2D eigenvalue weighted by Gasteiger charge is -2.14. The van der Waals surface area contributed by atoms with E-state index in [1.807, 2.05) is 45.0 Å². The number of para-hydroxylation sites is 1. The molecule has 0 bridgehead atoms. The fourth-order valence-electron chi connectivity index (χ4n) is 3.18. The predicted octanol–water partition coefficient (Wildman–Crippen LogP) is 3.20. The summed E-state index contributed by atoms with van der Waals surface area (Å²) in [4.78, 5) is 42.1. The zero-order valence-electron chi connectivity index (χ0n) is 18.6. The maximum absolute atomic E-state index is 13.2. The number of benzene rings is 2. The van der Waals surface area contributed by atoms with Crippen LogP contribution in [0, 0.1) is 0 Å². The molecule has 2 aromatic carbocycles. The van der Waals surface area contributed by atoms with E-state index in [9.17, 15) is 14.4 Å². The van der Waals surface area contributed by atoms with Crippen molar-refractivity contribution in [1.82, 2.24) is 20.2 Å². The van der Waals surface area contributed by atoms with Crippen LogP contribution in [0.25, 0.3) is 10.9 Å². The van der Waals surface area contributed by atoms with Gasteiger partial charge in [0.05, 0.1) is 23.2 Å². The number of nitrogens with zero attached hydrogens (tertiary/aromatic N) is 2. The molecule has 8 heteroatoms. The fourth-order valence-corrected chi connectivity index (χ4v) is 3.99. The summed E-state index contributed by atoms with van der Waals surface area (Å²) in [7, 11) is 0. The fraction of sp³-hybridized carbons (Fsp3) is 0.333. The van der Waals surface area contributed by atoms with Crippen LogP contribution in [0.3, 0.4) is 0 Å². The van der Waals surface area contributed by atoms with Crippen LogP contribution < -0.4 is 16.2 Å². The van der Waals surface area contributed by atoms with Crippen molar-refractivity contribution >= 4 is 34.5 Å². The Balaban J connectivity index is 1.88. The summed E-state index contributed by atoms with van der Waals surface area (Å²) >= 11 is 1.24. The molecule has 0 atom stereocenters. The summed E-state index contributed by atoms with van der Waals surface area (Å²) in [6.07, 6.45) is 0.872. The highest BCUT2D eigenvalue weighted by molar-refractivity contribution is 7.99. The Morgan fingerprint density at radius 2 is 1.81 bits per heavy atom. The van der Waals surface area contributed by atoms with E-state index in [1.165, 1.54) is 11.8 Å². The maximum Gasteiger partial charge on any atom is 0.262 e. The summed E-state index contributed by atoms with van der Waals surface area (Å²) in [6.45, 7) is 6.73. The number of amides is 2. The van der Waals surface area contributed by atoms with Crippen molar-refractivity contribution in [2.45, 2.75) is 44.9 Å². The summed E-state index contributed by atoms with van der Waals surface area (Å²) in [6, 6.07) is 14.4. The van der Waals surface area contributed by atoms with Crippen LogP contribution in [0.5, 0.6) is 0 Å². The molecule has 0 fully saturated rings. The van der Waals surface area contributed by atoms with E-state index in [0.29, 0.717) is 34.7 Å². The van der Waals surface area contributed by atoms with Crippen molar-refractivity contribution < 1.29 is 9.59 Å². The van der Waals surface area contributed by atoms with Gasteiger partial charge in [-0.05, 0) is 50.1 Å². The number of rotatable bonds is 9. The second-order valence-corrected chi connectivity index (χ2v) is 8.71. The summed E-state index contributed by atoms with van der Waals surface area (Å²) in [5.74, 6) is -0.0591. The van der Waals surface area contributed by atoms with Crippen molar-refractivity contribution in [3.8, 4) is 0 Å². The molecule has 32 heavy (non-hydrogen) atoms. The number of aromatic nitrogens is 2. The van der Waals surface area contributed by atoms with E-state index in [-0.39, 0.29) is 29.2 Å². The highest BCUT2D eigenvalue weighted by Crippen LogP contribution is 2.19. The van der Waals surface area contributed by atoms with Gasteiger partial charge in [0.2, 0.25) is 5.91 Å². The van der Waals surface area contributed by atoms with Crippen LogP contribution in [-0.2, 0) is 11.3 Å². The minimum absolute atomic E-state index is 0.0443. The van der Waals surface area contributed by atoms with Crippen LogP contribution >= 0.6 is 11.8 Å². The third-order valence-electron chi connectivity index (χ3n) is 4.70. The molecule has 2 N–H and O–H groups in total. The molecule has 0 unspecified atom stereocenters. The minimum atomic E-state index is -0.160. The molecule has 7 nitrogen and oxygen atoms in total. The number of nitrogens with one attached hydrogen (secondary N) is 2. The van der Waals surface area contributed by atoms with Crippen molar-refractivity contribution in [3.63, 3.8) is 0 Å². The third-order valence-corrected chi connectivity index (χ3v) is 5.68. The summed E-state index contributed by atoms with van der Waals surface area (Å²) in [5.41, 5.74) is 1.88. The summed E-state index contributed by atoms with van der Waals surface area (Å²) in [5, 5.41) is 6.71. The van der Waals surface area contributed by atoms with E-state index in [0.717, 1.165) is 12.0 Å². The SMILES string of the molecule is CCCNC(=O)c1ccc(Cn2c(SCC(=O)NC(C)C)nc3ccccc3c2=O)cc1. The Morgan fingerprint density at radius 3 is 2.50 bits per heavy atom. The average Bonchev–Trinajstić information content (AvgIpc) is 2.78. The van der Waals surface area contributed by atoms with E-state index in [2.05, 4.69) is 15.6 Å². The second-order valence-electron chi connectivity index (χ2n) is 7.77. The number of hydrogen-bond acceptors (Lipinski definition) is 5. The Labute approximate surface area is 191 Å². The predicted molar refractivity (Wildman–Crippen MR) is 128 cm³/mol. The number of carbonyl (C=O) groups excluding carboxylic acids is 2. The quantitative estimate of drug-likeness (QED) is 0.384. The third kappa shape index (κ3) is 5.97. The maximum atomic E-state index is 13.2. The standard InChI is InChI=1S/C24H28N4O3S/c1-4-13-25-22(30)18-11-9-17(10-12-18)14-28-23(31)19-7-5-6-8-20(19)27-24(28)32-15-21(29)26-16(2)3/h5-12,16H,4,13-15H2,1-3H3,(H,25,30)(H,26,29). The molecular weight excluding hydrogens is 424 g/mol. The van der Waals surface area contributed by atoms with Crippen molar-refractivity contribution in [3.05, 3.63) is 70.0 Å². The number of thioether (sulfide) groups is 1. The molecule has 0 aliphatic carbocycles. The van der Waals surface area contributed by atoms with Crippen LogP contribution in [0.4, 0.5) is 0 Å². The van der Waals surface area contributed by atoms with Gasteiger partial charge in [0.15, 0.2) is 5.16 Å². The normalized spacial score (nSPS) is 11.0. The van der Waals surface area contributed by atoms with Crippen molar-refractivity contribution in [1.29, 1.82) is 0 Å². The topological polar surface area (TPSA) is 93.1 Å². The van der Waals surface area contributed by atoms with Gasteiger partial charge in [0.25, 0.3) is 11.5 Å². The monoisotopic (exact) mass is 452 g/mol. The minimum Gasteiger partial charge on any atom is -0.353 e. The van der Waals surface area contributed by atoms with Crippen LogP contribution in [0.2, 0.25) is 0 Å². The van der Waals surface area contributed by atoms with Crippen LogP contribution in [0.15, 0.2) is 58.5 Å². The Bertz CT molecular complexity index is 1160. The number of hydrogen-bond donors (Lipinski definition) is 2. The average molecular weight is 453 g/mol. The van der Waals surface area contributed by atoms with Gasteiger partial charge in [0, 0.05) is 18.2 Å². The molecule has 0 saturated heterocycles. The molecule has 0 spiro atoms. The van der Waals surface area contributed by atoms with E-state index in [1.54, 1.807) is 28.8 Å². The first-order valence-corrected chi connectivity index (χ1v) is 11.7. The molecule has 0 radical (unpaired) electrons. The smallest absolute Gasteiger partial charge is 0.262 e. The van der Waals surface area contributed by atoms with Crippen molar-refractivity contribution in [2.75, 3.05) is 12.3 Å². The first kappa shape index (κ1) is 23.5. The molecule has 0 aliphatic rings. The van der Waals surface area contributed by atoms with Crippen molar-refractivity contribution in [2.24, 2.45) is 0 Å². The largest absolute Gasteiger partial charge is 0.353 e. The molecule has 1 aromatic heterocycles. The van der Waals surface area contributed by atoms with Gasteiger partial charge in [-0.25, -0.2) is 4.98 Å². The van der Waals surface area contributed by atoms with E-state index >= 15 is 0 Å². The van der Waals surface area contributed by atoms with Gasteiger partial charge in [0.1, 0.15) is 0 Å². The van der Waals surface area contributed by atoms with Gasteiger partial charge in [-0.2, -0.15) is 0 Å². The highest BCUT2D eigenvalue weighted by atomic mass is 32.2. The van der Waals surface area contributed by atoms with Gasteiger partial charge in [-0.1, -0.05) is 43.0 Å². The van der Waals surface area contributed by atoms with E-state index < -0.39 is 0 Å². The number of carbonyl (C=O) groups is 2. The van der Waals surface area contributed by atoms with Crippen LogP contribution in [0.1, 0.15) is 43.1 Å². The Hall–Kier alpha value is -3.13. The molecule has 3 rings (SSSR count). The lowest BCUT2D eigenvalue weighted by molar-refractivity contribution is -0.119. The lowest BCUT2D eigenvalue weighted by Crippen LogP contribution is -2.32. The lowest BCUT2D eigenvalue weighted by atomic mass is 10.1. The highest BCUT2D eigenvalue weighted by Gasteiger charge is 2.14. The Kier molecular flexibility index (Phi) is 8.05. The van der Waals surface area contributed by atoms with Gasteiger partial charge >= 0.3 is 0 Å².